The molecular weight excluding hydrogens is 296 g/mol. The number of aliphatic hydroxyl groups excluding tert-OH is 1. The number of urea groups is 1. The Bertz CT molecular complexity index is 668. The molecule has 1 heterocycles. The Hall–Kier alpha value is -2.41. The highest BCUT2D eigenvalue weighted by Crippen LogP contribution is 2.21. The van der Waals surface area contributed by atoms with Gasteiger partial charge in [0.05, 0.1) is 12.1 Å². The van der Waals surface area contributed by atoms with E-state index in [1.807, 2.05) is 0 Å². The maximum Gasteiger partial charge on any atom is 0.319 e. The Labute approximate surface area is 134 Å². The maximum atomic E-state index is 12.0. The lowest BCUT2D eigenvalue weighted by Gasteiger charge is -2.28. The molecule has 1 aromatic carbocycles. The van der Waals surface area contributed by atoms with Crippen LogP contribution in [0.3, 0.4) is 0 Å². The number of carbonyl (C=O) groups is 1. The van der Waals surface area contributed by atoms with Crippen LogP contribution in [0.25, 0.3) is 11.5 Å². The topological polar surface area (TPSA) is 100 Å². The van der Waals surface area contributed by atoms with Crippen molar-refractivity contribution >= 4 is 11.7 Å². The van der Waals surface area contributed by atoms with E-state index in [1.165, 1.54) is 0 Å². The average Bonchev–Trinajstić information content (AvgIpc) is 2.97. The fourth-order valence-electron chi connectivity index (χ4n) is 2.72. The first-order valence-electron chi connectivity index (χ1n) is 7.78. The van der Waals surface area contributed by atoms with Crippen LogP contribution in [0.5, 0.6) is 0 Å². The van der Waals surface area contributed by atoms with E-state index in [-0.39, 0.29) is 12.1 Å². The van der Waals surface area contributed by atoms with Crippen molar-refractivity contribution in [3.8, 4) is 11.5 Å². The highest BCUT2D eigenvalue weighted by molar-refractivity contribution is 5.89. The molecule has 1 fully saturated rings. The molecular formula is C16H20N4O3. The summed E-state index contributed by atoms with van der Waals surface area (Å²) in [5, 5.41) is 23.2. The van der Waals surface area contributed by atoms with Crippen LogP contribution in [0.4, 0.5) is 10.5 Å². The van der Waals surface area contributed by atoms with Gasteiger partial charge < -0.3 is 20.2 Å². The van der Waals surface area contributed by atoms with E-state index in [0.29, 0.717) is 17.5 Å². The Balaban J connectivity index is 1.58. The van der Waals surface area contributed by atoms with Crippen molar-refractivity contribution in [1.82, 2.24) is 15.5 Å². The number of hydrogen-bond acceptors (Lipinski definition) is 5. The summed E-state index contributed by atoms with van der Waals surface area (Å²) in [6, 6.07) is 6.66. The number of hydrogen-bond donors (Lipinski definition) is 3. The Morgan fingerprint density at radius 3 is 2.61 bits per heavy atom. The van der Waals surface area contributed by atoms with Gasteiger partial charge in [0.25, 0.3) is 0 Å². The van der Waals surface area contributed by atoms with E-state index in [9.17, 15) is 9.90 Å². The van der Waals surface area contributed by atoms with Crippen LogP contribution in [0.2, 0.25) is 0 Å². The molecule has 1 aliphatic rings. The second-order valence-electron chi connectivity index (χ2n) is 5.76. The standard InChI is InChI=1S/C16H20N4O3/c1-10-19-20-15(23-10)11-6-8-12(9-7-11)17-16(22)18-13-4-2-3-5-14(13)21/h6-9,13-14,21H,2-5H2,1H3,(H2,17,18,22). The van der Waals surface area contributed by atoms with Crippen LogP contribution in [0.15, 0.2) is 28.7 Å². The molecule has 0 radical (unpaired) electrons. The molecule has 3 N–H and O–H groups in total. The van der Waals surface area contributed by atoms with E-state index >= 15 is 0 Å². The number of carbonyl (C=O) groups excluding carboxylic acids is 1. The first kappa shape index (κ1) is 15.5. The quantitative estimate of drug-likeness (QED) is 0.807. The molecule has 2 unspecified atom stereocenters. The molecule has 0 saturated heterocycles. The number of aliphatic hydroxyl groups is 1. The van der Waals surface area contributed by atoms with Gasteiger partial charge in [-0.05, 0) is 37.1 Å². The van der Waals surface area contributed by atoms with Crippen molar-refractivity contribution in [2.24, 2.45) is 0 Å². The van der Waals surface area contributed by atoms with E-state index in [1.54, 1.807) is 31.2 Å². The van der Waals surface area contributed by atoms with Gasteiger partial charge in [0.2, 0.25) is 11.8 Å². The van der Waals surface area contributed by atoms with Gasteiger partial charge in [-0.25, -0.2) is 4.79 Å². The van der Waals surface area contributed by atoms with Crippen molar-refractivity contribution in [2.45, 2.75) is 44.8 Å². The van der Waals surface area contributed by atoms with Gasteiger partial charge in [-0.3, -0.25) is 0 Å². The molecule has 7 heteroatoms. The smallest absolute Gasteiger partial charge is 0.319 e. The molecule has 1 saturated carbocycles. The summed E-state index contributed by atoms with van der Waals surface area (Å²) in [6.07, 6.45) is 3.13. The minimum absolute atomic E-state index is 0.176. The normalized spacial score (nSPS) is 21.0. The first-order valence-corrected chi connectivity index (χ1v) is 7.78. The molecule has 2 atom stereocenters. The Kier molecular flexibility index (Phi) is 4.57. The van der Waals surface area contributed by atoms with E-state index < -0.39 is 6.10 Å². The van der Waals surface area contributed by atoms with Crippen LogP contribution >= 0.6 is 0 Å². The predicted molar refractivity (Wildman–Crippen MR) is 84.9 cm³/mol. The molecule has 2 amide bonds. The molecule has 0 aliphatic heterocycles. The molecule has 0 spiro atoms. The zero-order chi connectivity index (χ0) is 16.2. The van der Waals surface area contributed by atoms with Crippen LogP contribution in [-0.2, 0) is 0 Å². The zero-order valence-electron chi connectivity index (χ0n) is 13.0. The summed E-state index contributed by atoms with van der Waals surface area (Å²) >= 11 is 0. The minimum atomic E-state index is -0.461. The van der Waals surface area contributed by atoms with Crippen LogP contribution in [-0.4, -0.2) is 33.5 Å². The van der Waals surface area contributed by atoms with Gasteiger partial charge in [-0.15, -0.1) is 10.2 Å². The monoisotopic (exact) mass is 316 g/mol. The lowest BCUT2D eigenvalue weighted by Crippen LogP contribution is -2.46. The summed E-state index contributed by atoms with van der Waals surface area (Å²) in [5.41, 5.74) is 1.45. The average molecular weight is 316 g/mol. The SMILES string of the molecule is Cc1nnc(-c2ccc(NC(=O)NC3CCCCC3O)cc2)o1. The first-order chi connectivity index (χ1) is 11.1. The van der Waals surface area contributed by atoms with Crippen LogP contribution in [0.1, 0.15) is 31.6 Å². The number of aryl methyl sites for hydroxylation is 1. The van der Waals surface area contributed by atoms with Crippen LogP contribution < -0.4 is 10.6 Å². The number of anilines is 1. The van der Waals surface area contributed by atoms with Gasteiger partial charge in [-0.1, -0.05) is 12.8 Å². The van der Waals surface area contributed by atoms with E-state index in [4.69, 9.17) is 4.42 Å². The molecule has 2 aromatic rings. The third-order valence-corrected chi connectivity index (χ3v) is 3.96. The Morgan fingerprint density at radius 2 is 1.96 bits per heavy atom. The van der Waals surface area contributed by atoms with E-state index in [0.717, 1.165) is 31.2 Å². The molecule has 1 aromatic heterocycles. The fraction of sp³-hybridized carbons (Fsp3) is 0.438. The van der Waals surface area contributed by atoms with Crippen molar-refractivity contribution < 1.29 is 14.3 Å². The third-order valence-electron chi connectivity index (χ3n) is 3.96. The maximum absolute atomic E-state index is 12.0. The third kappa shape index (κ3) is 3.87. The second kappa shape index (κ2) is 6.78. The van der Waals surface area contributed by atoms with Crippen molar-refractivity contribution in [3.63, 3.8) is 0 Å². The van der Waals surface area contributed by atoms with Gasteiger partial charge in [0, 0.05) is 18.2 Å². The molecule has 7 nitrogen and oxygen atoms in total. The van der Waals surface area contributed by atoms with Crippen molar-refractivity contribution in [1.29, 1.82) is 0 Å². The highest BCUT2D eigenvalue weighted by Gasteiger charge is 2.24. The number of nitrogens with one attached hydrogen (secondary N) is 2. The number of rotatable bonds is 3. The second-order valence-corrected chi connectivity index (χ2v) is 5.76. The van der Waals surface area contributed by atoms with Crippen molar-refractivity contribution in [3.05, 3.63) is 30.2 Å². The Morgan fingerprint density at radius 1 is 1.22 bits per heavy atom. The number of amides is 2. The summed E-state index contributed by atoms with van der Waals surface area (Å²) < 4.78 is 5.35. The zero-order valence-corrected chi connectivity index (χ0v) is 13.0. The highest BCUT2D eigenvalue weighted by atomic mass is 16.4. The summed E-state index contributed by atoms with van der Waals surface area (Å²) in [5.74, 6) is 0.955. The summed E-state index contributed by atoms with van der Waals surface area (Å²) in [6.45, 7) is 1.73. The lowest BCUT2D eigenvalue weighted by atomic mass is 9.93. The van der Waals surface area contributed by atoms with Gasteiger partial charge in [0.1, 0.15) is 0 Å². The van der Waals surface area contributed by atoms with Crippen molar-refractivity contribution in [2.75, 3.05) is 5.32 Å². The predicted octanol–water partition coefficient (Wildman–Crippen LogP) is 2.47. The van der Waals surface area contributed by atoms with Gasteiger partial charge >= 0.3 is 6.03 Å². The molecule has 0 bridgehead atoms. The van der Waals surface area contributed by atoms with Gasteiger partial charge in [0.15, 0.2) is 0 Å². The fourth-order valence-corrected chi connectivity index (χ4v) is 2.72. The number of aromatic nitrogens is 2. The number of nitrogens with zero attached hydrogens (tertiary/aromatic N) is 2. The summed E-state index contributed by atoms with van der Waals surface area (Å²) in [4.78, 5) is 12.0. The molecule has 1 aliphatic carbocycles. The van der Waals surface area contributed by atoms with Gasteiger partial charge in [-0.2, -0.15) is 0 Å². The van der Waals surface area contributed by atoms with E-state index in [2.05, 4.69) is 20.8 Å². The molecule has 3 rings (SSSR count). The summed E-state index contributed by atoms with van der Waals surface area (Å²) in [7, 11) is 0. The number of benzene rings is 1. The molecule has 122 valence electrons. The lowest BCUT2D eigenvalue weighted by molar-refractivity contribution is 0.0955. The largest absolute Gasteiger partial charge is 0.421 e. The van der Waals surface area contributed by atoms with Crippen LogP contribution in [0, 0.1) is 6.92 Å². The minimum Gasteiger partial charge on any atom is -0.421 e. The molecule has 23 heavy (non-hydrogen) atoms.